The van der Waals surface area contributed by atoms with Gasteiger partial charge in [-0.25, -0.2) is 9.97 Å². The highest BCUT2D eigenvalue weighted by Crippen LogP contribution is 2.42. The minimum atomic E-state index is -0.499. The molecule has 0 bridgehead atoms. The molecule has 0 radical (unpaired) electrons. The maximum Gasteiger partial charge on any atom is 0.257 e. The van der Waals surface area contributed by atoms with Crippen molar-refractivity contribution in [2.75, 3.05) is 24.5 Å². The Morgan fingerprint density at radius 2 is 2.04 bits per heavy atom. The summed E-state index contributed by atoms with van der Waals surface area (Å²) < 4.78 is 5.25. The molecule has 2 aromatic heterocycles. The van der Waals surface area contributed by atoms with Gasteiger partial charge in [0.1, 0.15) is 12.1 Å². The van der Waals surface area contributed by atoms with Gasteiger partial charge in [0.2, 0.25) is 5.91 Å². The summed E-state index contributed by atoms with van der Waals surface area (Å²) in [7, 11) is 0. The predicted molar refractivity (Wildman–Crippen MR) is 90.0 cm³/mol. The number of carbonyl (C=O) groups is 2. The number of anilines is 1. The lowest BCUT2D eigenvalue weighted by Crippen LogP contribution is -2.50. The van der Waals surface area contributed by atoms with Crippen LogP contribution in [-0.2, 0) is 4.79 Å². The van der Waals surface area contributed by atoms with Crippen LogP contribution in [0.1, 0.15) is 35.4 Å². The number of nitrogens with zero attached hydrogens (tertiary/aromatic N) is 4. The van der Waals surface area contributed by atoms with Crippen molar-refractivity contribution in [3.63, 3.8) is 0 Å². The molecule has 0 N–H and O–H groups in total. The lowest BCUT2D eigenvalue weighted by molar-refractivity contribution is -0.127. The fraction of sp³-hybridized carbons (Fsp3) is 0.444. The Morgan fingerprint density at radius 1 is 1.24 bits per heavy atom. The lowest BCUT2D eigenvalue weighted by atomic mass is 9.78. The summed E-state index contributed by atoms with van der Waals surface area (Å²) in [5.41, 5.74) is 0.802. The zero-order chi connectivity index (χ0) is 17.4. The maximum absolute atomic E-state index is 13.1. The van der Waals surface area contributed by atoms with Gasteiger partial charge in [-0.1, -0.05) is 0 Å². The number of hydrogen-bond acceptors (Lipinski definition) is 5. The van der Waals surface area contributed by atoms with E-state index in [1.807, 2.05) is 0 Å². The summed E-state index contributed by atoms with van der Waals surface area (Å²) in [6.07, 6.45) is 8.68. The average molecular weight is 340 g/mol. The van der Waals surface area contributed by atoms with Gasteiger partial charge in [-0.05, 0) is 32.3 Å². The van der Waals surface area contributed by atoms with E-state index in [9.17, 15) is 9.59 Å². The Balaban J connectivity index is 1.56. The SMILES string of the molecule is Cc1occc1C(=O)N1CCCC2(CCN(c3cncnc3)C2=O)C1. The molecule has 2 aromatic rings. The van der Waals surface area contributed by atoms with Crippen LogP contribution in [-0.4, -0.2) is 46.3 Å². The summed E-state index contributed by atoms with van der Waals surface area (Å²) in [5, 5.41) is 0. The Kier molecular flexibility index (Phi) is 3.78. The molecule has 0 aliphatic carbocycles. The zero-order valence-electron chi connectivity index (χ0n) is 14.1. The summed E-state index contributed by atoms with van der Waals surface area (Å²) in [4.78, 5) is 37.5. The molecular formula is C18H20N4O3. The number of aromatic nitrogens is 2. The van der Waals surface area contributed by atoms with Gasteiger partial charge < -0.3 is 14.2 Å². The van der Waals surface area contributed by atoms with Gasteiger partial charge in [0.05, 0.1) is 35.3 Å². The van der Waals surface area contributed by atoms with Crippen LogP contribution in [0.15, 0.2) is 35.5 Å². The van der Waals surface area contributed by atoms with Crippen LogP contribution in [0.4, 0.5) is 5.69 Å². The van der Waals surface area contributed by atoms with Gasteiger partial charge in [-0.15, -0.1) is 0 Å². The predicted octanol–water partition coefficient (Wildman–Crippen LogP) is 2.04. The average Bonchev–Trinajstić information content (AvgIpc) is 3.20. The van der Waals surface area contributed by atoms with Crippen LogP contribution in [0.5, 0.6) is 0 Å². The molecule has 130 valence electrons. The van der Waals surface area contributed by atoms with E-state index in [1.165, 1.54) is 12.6 Å². The van der Waals surface area contributed by atoms with E-state index >= 15 is 0 Å². The van der Waals surface area contributed by atoms with E-state index < -0.39 is 5.41 Å². The topological polar surface area (TPSA) is 79.5 Å². The van der Waals surface area contributed by atoms with E-state index in [4.69, 9.17) is 4.42 Å². The molecule has 1 atom stereocenters. The molecular weight excluding hydrogens is 320 g/mol. The van der Waals surface area contributed by atoms with Crippen molar-refractivity contribution in [1.29, 1.82) is 0 Å². The second kappa shape index (κ2) is 5.98. The number of piperidine rings is 1. The van der Waals surface area contributed by atoms with E-state index in [0.29, 0.717) is 31.0 Å². The Bertz CT molecular complexity index is 804. The van der Waals surface area contributed by atoms with Crippen LogP contribution >= 0.6 is 0 Å². The molecule has 4 heterocycles. The van der Waals surface area contributed by atoms with Gasteiger partial charge in [-0.2, -0.15) is 0 Å². The number of likely N-dealkylation sites (tertiary alicyclic amines) is 1. The zero-order valence-corrected chi connectivity index (χ0v) is 14.1. The first kappa shape index (κ1) is 15.8. The van der Waals surface area contributed by atoms with Gasteiger partial charge in [-0.3, -0.25) is 9.59 Å². The maximum atomic E-state index is 13.1. The lowest BCUT2D eigenvalue weighted by Gasteiger charge is -2.39. The highest BCUT2D eigenvalue weighted by atomic mass is 16.3. The van der Waals surface area contributed by atoms with Crippen LogP contribution in [0.3, 0.4) is 0 Å². The van der Waals surface area contributed by atoms with E-state index in [0.717, 1.165) is 24.9 Å². The molecule has 0 saturated carbocycles. The van der Waals surface area contributed by atoms with Gasteiger partial charge in [0, 0.05) is 19.6 Å². The van der Waals surface area contributed by atoms with Gasteiger partial charge in [0.15, 0.2) is 0 Å². The van der Waals surface area contributed by atoms with Crippen molar-refractivity contribution in [2.45, 2.75) is 26.2 Å². The second-order valence-electron chi connectivity index (χ2n) is 6.80. The monoisotopic (exact) mass is 340 g/mol. The first-order chi connectivity index (χ1) is 12.1. The third-order valence-corrected chi connectivity index (χ3v) is 5.32. The Hall–Kier alpha value is -2.70. The largest absolute Gasteiger partial charge is 0.469 e. The molecule has 7 nitrogen and oxygen atoms in total. The first-order valence-corrected chi connectivity index (χ1v) is 8.51. The molecule has 4 rings (SSSR count). The molecule has 25 heavy (non-hydrogen) atoms. The molecule has 1 spiro atoms. The Labute approximate surface area is 145 Å². The van der Waals surface area contributed by atoms with Crippen LogP contribution in [0.25, 0.3) is 0 Å². The molecule has 2 amide bonds. The van der Waals surface area contributed by atoms with E-state index in [1.54, 1.807) is 35.2 Å². The third-order valence-electron chi connectivity index (χ3n) is 5.32. The quantitative estimate of drug-likeness (QED) is 0.836. The number of hydrogen-bond donors (Lipinski definition) is 0. The second-order valence-corrected chi connectivity index (χ2v) is 6.80. The van der Waals surface area contributed by atoms with Crippen molar-refractivity contribution >= 4 is 17.5 Å². The number of rotatable bonds is 2. The number of aryl methyl sites for hydroxylation is 1. The smallest absolute Gasteiger partial charge is 0.257 e. The van der Waals surface area contributed by atoms with Gasteiger partial charge >= 0.3 is 0 Å². The van der Waals surface area contributed by atoms with Gasteiger partial charge in [0.25, 0.3) is 5.91 Å². The van der Waals surface area contributed by atoms with Crippen LogP contribution in [0, 0.1) is 12.3 Å². The number of carbonyl (C=O) groups excluding carboxylic acids is 2. The fourth-order valence-electron chi connectivity index (χ4n) is 3.96. The molecule has 1 unspecified atom stereocenters. The molecule has 2 fully saturated rings. The minimum absolute atomic E-state index is 0.0559. The fourth-order valence-corrected chi connectivity index (χ4v) is 3.96. The van der Waals surface area contributed by atoms with E-state index in [2.05, 4.69) is 9.97 Å². The first-order valence-electron chi connectivity index (χ1n) is 8.51. The molecule has 0 aromatic carbocycles. The van der Waals surface area contributed by atoms with Crippen molar-refractivity contribution < 1.29 is 14.0 Å². The van der Waals surface area contributed by atoms with Crippen molar-refractivity contribution in [3.8, 4) is 0 Å². The Morgan fingerprint density at radius 3 is 2.76 bits per heavy atom. The highest BCUT2D eigenvalue weighted by molar-refractivity contribution is 6.01. The summed E-state index contributed by atoms with van der Waals surface area (Å²) >= 11 is 0. The van der Waals surface area contributed by atoms with Crippen molar-refractivity contribution in [2.24, 2.45) is 5.41 Å². The summed E-state index contributed by atoms with van der Waals surface area (Å²) in [5.74, 6) is 0.633. The minimum Gasteiger partial charge on any atom is -0.469 e. The normalized spacial score (nSPS) is 23.5. The molecule has 7 heteroatoms. The van der Waals surface area contributed by atoms with Crippen LogP contribution in [0.2, 0.25) is 0 Å². The molecule has 2 aliphatic rings. The van der Waals surface area contributed by atoms with E-state index in [-0.39, 0.29) is 11.8 Å². The summed E-state index contributed by atoms with van der Waals surface area (Å²) in [6.45, 7) is 3.55. The van der Waals surface area contributed by atoms with Crippen LogP contribution < -0.4 is 4.90 Å². The van der Waals surface area contributed by atoms with Crippen molar-refractivity contribution in [3.05, 3.63) is 42.4 Å². The number of amides is 2. The molecule has 2 aliphatic heterocycles. The van der Waals surface area contributed by atoms with Crippen molar-refractivity contribution in [1.82, 2.24) is 14.9 Å². The standard InChI is InChI=1S/C18H20N4O3/c1-13-15(3-8-25-13)16(23)21-6-2-4-18(11-21)5-7-22(17(18)24)14-9-19-12-20-10-14/h3,8-10,12H,2,4-7,11H2,1H3. The highest BCUT2D eigenvalue weighted by Gasteiger charge is 2.50. The molecule has 2 saturated heterocycles. The summed E-state index contributed by atoms with van der Waals surface area (Å²) in [6, 6.07) is 1.70. The number of furan rings is 1. The third kappa shape index (κ3) is 2.59.